The van der Waals surface area contributed by atoms with Crippen LogP contribution in [0.1, 0.15) is 15.3 Å². The number of benzene rings is 1. The van der Waals surface area contributed by atoms with Gasteiger partial charge in [0, 0.05) is 6.99 Å². The minimum Gasteiger partial charge on any atom is -0.267 e. The van der Waals surface area contributed by atoms with Crippen molar-refractivity contribution in [3.05, 3.63) is 46.9 Å². The van der Waals surface area contributed by atoms with Crippen LogP contribution in [0.2, 0.25) is 0 Å². The van der Waals surface area contributed by atoms with Crippen molar-refractivity contribution in [2.75, 3.05) is 6.26 Å². The summed E-state index contributed by atoms with van der Waals surface area (Å²) in [5, 5.41) is 7.34. The zero-order chi connectivity index (χ0) is 15.2. The lowest BCUT2D eigenvalue weighted by atomic mass is 10.2. The Balaban J connectivity index is 0.000000775. The number of nitrogens with one attached hydrogen (secondary N) is 1. The Morgan fingerprint density at radius 3 is 2.52 bits per heavy atom. The second-order valence-corrected chi connectivity index (χ2v) is 4.68. The van der Waals surface area contributed by atoms with Gasteiger partial charge in [-0.05, 0) is 6.26 Å². The van der Waals surface area contributed by atoms with E-state index in [2.05, 4.69) is 20.2 Å². The van der Waals surface area contributed by atoms with Crippen LogP contribution in [0.15, 0.2) is 46.3 Å². The van der Waals surface area contributed by atoms with Gasteiger partial charge >= 0.3 is 0 Å². The lowest BCUT2D eigenvalue weighted by Crippen LogP contribution is -2.10. The molecule has 1 aromatic carbocycles. The maximum absolute atomic E-state index is 11.8. The van der Waals surface area contributed by atoms with E-state index in [-0.39, 0.29) is 6.99 Å². The van der Waals surface area contributed by atoms with E-state index in [0.717, 1.165) is 5.56 Å². The Kier molecular flexibility index (Phi) is 5.05. The van der Waals surface area contributed by atoms with Gasteiger partial charge in [0.15, 0.2) is 5.82 Å². The summed E-state index contributed by atoms with van der Waals surface area (Å²) >= 11 is 1.42. The minimum atomic E-state index is -0.263. The summed E-state index contributed by atoms with van der Waals surface area (Å²) in [5.74, 6) is 0.602. The van der Waals surface area contributed by atoms with Crippen molar-refractivity contribution in [2.45, 2.75) is 18.9 Å². The van der Waals surface area contributed by atoms with Gasteiger partial charge in [0.1, 0.15) is 15.9 Å². The lowest BCUT2D eigenvalue weighted by molar-refractivity contribution is 0.984. The summed E-state index contributed by atoms with van der Waals surface area (Å²) < 4.78 is 0. The van der Waals surface area contributed by atoms with E-state index in [1.54, 1.807) is 6.20 Å². The second-order valence-electron chi connectivity index (χ2n) is 3.88. The molecule has 2 aromatic heterocycles. The van der Waals surface area contributed by atoms with Crippen LogP contribution in [0, 0.1) is 0 Å². The van der Waals surface area contributed by atoms with E-state index >= 15 is 0 Å². The predicted octanol–water partition coefficient (Wildman–Crippen LogP) is 3.37. The van der Waals surface area contributed by atoms with Gasteiger partial charge < -0.3 is 0 Å². The molecule has 0 spiro atoms. The summed E-state index contributed by atoms with van der Waals surface area (Å²) in [5.41, 5.74) is 1.21. The summed E-state index contributed by atoms with van der Waals surface area (Å²) in [6.45, 7) is 4.00. The van der Waals surface area contributed by atoms with Crippen molar-refractivity contribution in [1.82, 2.24) is 20.2 Å². The van der Waals surface area contributed by atoms with E-state index in [1.807, 2.05) is 50.4 Å². The molecule has 0 aliphatic rings. The average molecular weight is 302 g/mol. The van der Waals surface area contributed by atoms with E-state index in [0.29, 0.717) is 21.8 Å². The molecule has 6 heteroatoms. The zero-order valence-corrected chi connectivity index (χ0v) is 12.9. The van der Waals surface area contributed by atoms with Crippen LogP contribution in [0.5, 0.6) is 0 Å². The van der Waals surface area contributed by atoms with Gasteiger partial charge in [-0.2, -0.15) is 5.10 Å². The molecule has 0 saturated heterocycles. The molecule has 3 aromatic rings. The van der Waals surface area contributed by atoms with Crippen LogP contribution in [-0.2, 0) is 0 Å². The SMILES string of the molecule is CC.CSc1nc(-c2ccccc2)nc2cn[nH]c(=O)c12.[HH]. The number of thioether (sulfide) groups is 1. The number of hydrogen-bond donors (Lipinski definition) is 1. The quantitative estimate of drug-likeness (QED) is 0.580. The molecule has 110 valence electrons. The Morgan fingerprint density at radius 1 is 1.14 bits per heavy atom. The third-order valence-corrected chi connectivity index (χ3v) is 3.39. The first-order chi connectivity index (χ1) is 10.3. The van der Waals surface area contributed by atoms with Gasteiger partial charge in [-0.1, -0.05) is 44.2 Å². The zero-order valence-electron chi connectivity index (χ0n) is 12.1. The fourth-order valence-electron chi connectivity index (χ4n) is 1.84. The second kappa shape index (κ2) is 6.99. The highest BCUT2D eigenvalue weighted by atomic mass is 32.2. The maximum atomic E-state index is 11.8. The van der Waals surface area contributed by atoms with Crippen LogP contribution in [0.4, 0.5) is 0 Å². The Bertz CT molecular complexity index is 792. The van der Waals surface area contributed by atoms with E-state index in [4.69, 9.17) is 0 Å². The smallest absolute Gasteiger partial charge is 0.267 e. The monoisotopic (exact) mass is 302 g/mol. The summed E-state index contributed by atoms with van der Waals surface area (Å²) in [7, 11) is 0. The van der Waals surface area contributed by atoms with Gasteiger partial charge in [0.05, 0.1) is 6.20 Å². The molecule has 21 heavy (non-hydrogen) atoms. The van der Waals surface area contributed by atoms with Crippen molar-refractivity contribution >= 4 is 22.7 Å². The van der Waals surface area contributed by atoms with Crippen LogP contribution < -0.4 is 5.56 Å². The van der Waals surface area contributed by atoms with Crippen molar-refractivity contribution in [1.29, 1.82) is 0 Å². The first kappa shape index (κ1) is 15.2. The molecule has 0 saturated carbocycles. The molecule has 0 unspecified atom stereocenters. The number of aromatic amines is 1. The molecular formula is C15H18N4OS. The Labute approximate surface area is 128 Å². The van der Waals surface area contributed by atoms with Crippen LogP contribution in [-0.4, -0.2) is 26.4 Å². The number of aromatic nitrogens is 4. The Morgan fingerprint density at radius 2 is 1.86 bits per heavy atom. The van der Waals surface area contributed by atoms with Crippen molar-refractivity contribution in [3.63, 3.8) is 0 Å². The normalized spacial score (nSPS) is 10.0. The minimum absolute atomic E-state index is 0. The lowest BCUT2D eigenvalue weighted by Gasteiger charge is -2.05. The van der Waals surface area contributed by atoms with Gasteiger partial charge in [0.25, 0.3) is 5.56 Å². The van der Waals surface area contributed by atoms with Gasteiger partial charge in [-0.3, -0.25) is 4.79 Å². The molecule has 3 rings (SSSR count). The number of hydrogen-bond acceptors (Lipinski definition) is 5. The molecule has 2 heterocycles. The van der Waals surface area contributed by atoms with Gasteiger partial charge in [0.2, 0.25) is 0 Å². The predicted molar refractivity (Wildman–Crippen MR) is 88.6 cm³/mol. The number of fused-ring (bicyclic) bond motifs is 1. The van der Waals surface area contributed by atoms with Crippen LogP contribution >= 0.6 is 11.8 Å². The molecule has 0 fully saturated rings. The number of H-pyrrole nitrogens is 1. The molecule has 0 amide bonds. The standard InChI is InChI=1S/C13H10N4OS.C2H6.H2/c1-19-13-10-9(7-14-17-12(10)18)15-11(16-13)8-5-3-2-4-6-8;1-2;/h2-7H,1H3,(H,17,18);1-2H3;1H. The van der Waals surface area contributed by atoms with E-state index in [9.17, 15) is 4.79 Å². The van der Waals surface area contributed by atoms with Crippen LogP contribution in [0.3, 0.4) is 0 Å². The summed E-state index contributed by atoms with van der Waals surface area (Å²) in [4.78, 5) is 20.7. The molecule has 1 N–H and O–H groups in total. The topological polar surface area (TPSA) is 71.5 Å². The van der Waals surface area contributed by atoms with E-state index < -0.39 is 0 Å². The van der Waals surface area contributed by atoms with Crippen molar-refractivity contribution < 1.29 is 1.43 Å². The van der Waals surface area contributed by atoms with Crippen molar-refractivity contribution in [3.8, 4) is 11.4 Å². The molecule has 0 atom stereocenters. The fourth-order valence-corrected chi connectivity index (χ4v) is 2.41. The largest absolute Gasteiger partial charge is 0.276 e. The van der Waals surface area contributed by atoms with Gasteiger partial charge in [-0.25, -0.2) is 15.1 Å². The highest BCUT2D eigenvalue weighted by Gasteiger charge is 2.11. The summed E-state index contributed by atoms with van der Waals surface area (Å²) in [6.07, 6.45) is 3.43. The first-order valence-electron chi connectivity index (χ1n) is 6.64. The van der Waals surface area contributed by atoms with Gasteiger partial charge in [-0.15, -0.1) is 11.8 Å². The molecule has 0 radical (unpaired) electrons. The molecule has 5 nitrogen and oxygen atoms in total. The van der Waals surface area contributed by atoms with E-state index in [1.165, 1.54) is 11.8 Å². The highest BCUT2D eigenvalue weighted by molar-refractivity contribution is 7.98. The third kappa shape index (κ3) is 3.11. The number of nitrogens with zero attached hydrogens (tertiary/aromatic N) is 3. The Hall–Kier alpha value is -2.21. The fraction of sp³-hybridized carbons (Fsp3) is 0.200. The molecule has 0 bridgehead atoms. The number of rotatable bonds is 2. The van der Waals surface area contributed by atoms with Crippen LogP contribution in [0.25, 0.3) is 22.3 Å². The maximum Gasteiger partial charge on any atom is 0.276 e. The highest BCUT2D eigenvalue weighted by Crippen LogP contribution is 2.23. The molecule has 0 aliphatic carbocycles. The average Bonchev–Trinajstić information content (AvgIpc) is 2.56. The summed E-state index contributed by atoms with van der Waals surface area (Å²) in [6, 6.07) is 9.67. The molecule has 0 aliphatic heterocycles. The first-order valence-corrected chi connectivity index (χ1v) is 7.87. The van der Waals surface area contributed by atoms with Crippen molar-refractivity contribution in [2.24, 2.45) is 0 Å². The third-order valence-electron chi connectivity index (χ3n) is 2.71. The molecular weight excluding hydrogens is 284 g/mol.